The van der Waals surface area contributed by atoms with Gasteiger partial charge in [0.1, 0.15) is 18.5 Å². The van der Waals surface area contributed by atoms with Crippen molar-refractivity contribution in [1.82, 2.24) is 0 Å². The van der Waals surface area contributed by atoms with E-state index in [0.29, 0.717) is 0 Å². The number of aryl methyl sites for hydroxylation is 3. The Morgan fingerprint density at radius 2 is 1.63 bits per heavy atom. The van der Waals surface area contributed by atoms with E-state index >= 15 is 0 Å². The first-order chi connectivity index (χ1) is 9.06. The Morgan fingerprint density at radius 3 is 2.26 bits per heavy atom. The van der Waals surface area contributed by atoms with Crippen molar-refractivity contribution in [2.24, 2.45) is 0 Å². The van der Waals surface area contributed by atoms with Crippen LogP contribution in [0.5, 0.6) is 5.75 Å². The van der Waals surface area contributed by atoms with Gasteiger partial charge in [-0.25, -0.2) is 0 Å². The number of rotatable bonds is 4. The minimum atomic E-state index is -0.599. The van der Waals surface area contributed by atoms with E-state index in [1.54, 1.807) is 0 Å². The van der Waals surface area contributed by atoms with Crippen molar-refractivity contribution < 1.29 is 9.84 Å². The minimum absolute atomic E-state index is 0.272. The van der Waals surface area contributed by atoms with E-state index in [-0.39, 0.29) is 6.61 Å². The Morgan fingerprint density at radius 1 is 1.00 bits per heavy atom. The SMILES string of the molecule is Cc1cc(C)cc(C(O)COc2ccccc2C)c1. The summed E-state index contributed by atoms with van der Waals surface area (Å²) in [4.78, 5) is 0. The standard InChI is InChI=1S/C17H20O2/c1-12-8-13(2)10-15(9-12)16(18)11-19-17-7-5-4-6-14(17)3/h4-10,16,18H,11H2,1-3H3. The molecule has 0 bridgehead atoms. The normalized spacial score (nSPS) is 12.2. The molecule has 2 heteroatoms. The molecule has 1 unspecified atom stereocenters. The first-order valence-corrected chi connectivity index (χ1v) is 6.51. The molecular weight excluding hydrogens is 236 g/mol. The van der Waals surface area contributed by atoms with Crippen LogP contribution in [-0.2, 0) is 0 Å². The number of aliphatic hydroxyl groups is 1. The summed E-state index contributed by atoms with van der Waals surface area (Å²) >= 11 is 0. The molecule has 2 nitrogen and oxygen atoms in total. The van der Waals surface area contributed by atoms with Gasteiger partial charge >= 0.3 is 0 Å². The molecule has 2 aromatic carbocycles. The molecule has 19 heavy (non-hydrogen) atoms. The van der Waals surface area contributed by atoms with Gasteiger partial charge in [-0.1, -0.05) is 47.5 Å². The quantitative estimate of drug-likeness (QED) is 0.903. The van der Waals surface area contributed by atoms with Gasteiger partial charge in [0.2, 0.25) is 0 Å². The monoisotopic (exact) mass is 256 g/mol. The van der Waals surface area contributed by atoms with Gasteiger partial charge in [0.05, 0.1) is 0 Å². The molecule has 2 aromatic rings. The fraction of sp³-hybridized carbons (Fsp3) is 0.294. The van der Waals surface area contributed by atoms with E-state index < -0.39 is 6.10 Å². The van der Waals surface area contributed by atoms with Gasteiger partial charge in [-0.3, -0.25) is 0 Å². The Balaban J connectivity index is 2.05. The third kappa shape index (κ3) is 3.58. The van der Waals surface area contributed by atoms with Crippen molar-refractivity contribution in [3.8, 4) is 5.75 Å². The smallest absolute Gasteiger partial charge is 0.122 e. The molecule has 0 spiro atoms. The summed E-state index contributed by atoms with van der Waals surface area (Å²) in [7, 11) is 0. The van der Waals surface area contributed by atoms with E-state index in [2.05, 4.69) is 6.07 Å². The highest BCUT2D eigenvalue weighted by Gasteiger charge is 2.10. The Bertz CT molecular complexity index is 541. The first-order valence-electron chi connectivity index (χ1n) is 6.51. The van der Waals surface area contributed by atoms with Crippen molar-refractivity contribution in [3.63, 3.8) is 0 Å². The minimum Gasteiger partial charge on any atom is -0.490 e. The number of ether oxygens (including phenoxy) is 1. The molecule has 1 N–H and O–H groups in total. The number of hydrogen-bond acceptors (Lipinski definition) is 2. The highest BCUT2D eigenvalue weighted by molar-refractivity contribution is 5.33. The van der Waals surface area contributed by atoms with Crippen molar-refractivity contribution >= 4 is 0 Å². The molecule has 0 heterocycles. The van der Waals surface area contributed by atoms with Gasteiger partial charge in [0.25, 0.3) is 0 Å². The highest BCUT2D eigenvalue weighted by Crippen LogP contribution is 2.21. The van der Waals surface area contributed by atoms with E-state index in [1.165, 1.54) is 0 Å². The second kappa shape index (κ2) is 5.89. The van der Waals surface area contributed by atoms with Crippen LogP contribution in [0.3, 0.4) is 0 Å². The molecule has 0 radical (unpaired) electrons. The number of aliphatic hydroxyl groups excluding tert-OH is 1. The van der Waals surface area contributed by atoms with Crippen LogP contribution in [0.1, 0.15) is 28.4 Å². The molecule has 0 aliphatic heterocycles. The van der Waals surface area contributed by atoms with E-state index in [0.717, 1.165) is 28.0 Å². The molecule has 0 amide bonds. The van der Waals surface area contributed by atoms with Gasteiger partial charge in [-0.05, 0) is 38.0 Å². The lowest BCUT2D eigenvalue weighted by atomic mass is 10.0. The maximum atomic E-state index is 10.2. The summed E-state index contributed by atoms with van der Waals surface area (Å²) in [5.74, 6) is 0.825. The van der Waals surface area contributed by atoms with E-state index in [9.17, 15) is 5.11 Å². The van der Waals surface area contributed by atoms with Crippen LogP contribution < -0.4 is 4.74 Å². The number of para-hydroxylation sites is 1. The maximum Gasteiger partial charge on any atom is 0.122 e. The third-order valence-corrected chi connectivity index (χ3v) is 3.12. The van der Waals surface area contributed by atoms with Crippen LogP contribution in [0.15, 0.2) is 42.5 Å². The predicted molar refractivity (Wildman–Crippen MR) is 77.5 cm³/mol. The van der Waals surface area contributed by atoms with Crippen LogP contribution in [0.2, 0.25) is 0 Å². The van der Waals surface area contributed by atoms with Gasteiger partial charge in [-0.2, -0.15) is 0 Å². The zero-order valence-electron chi connectivity index (χ0n) is 11.7. The lowest BCUT2D eigenvalue weighted by Gasteiger charge is -2.15. The van der Waals surface area contributed by atoms with Gasteiger partial charge in [0.15, 0.2) is 0 Å². The molecule has 0 saturated heterocycles. The molecule has 0 fully saturated rings. The van der Waals surface area contributed by atoms with Crippen LogP contribution in [0, 0.1) is 20.8 Å². The molecule has 2 rings (SSSR count). The van der Waals surface area contributed by atoms with Gasteiger partial charge in [0, 0.05) is 0 Å². The molecule has 0 aromatic heterocycles. The Labute approximate surface area is 114 Å². The molecule has 0 aliphatic carbocycles. The zero-order chi connectivity index (χ0) is 13.8. The highest BCUT2D eigenvalue weighted by atomic mass is 16.5. The summed E-state index contributed by atoms with van der Waals surface area (Å²) in [6.07, 6.45) is -0.599. The van der Waals surface area contributed by atoms with Crippen LogP contribution in [0.25, 0.3) is 0 Å². The average molecular weight is 256 g/mol. The van der Waals surface area contributed by atoms with Crippen LogP contribution in [0.4, 0.5) is 0 Å². The molecular formula is C17H20O2. The lowest BCUT2D eigenvalue weighted by Crippen LogP contribution is -2.10. The molecule has 100 valence electrons. The summed E-state index contributed by atoms with van der Waals surface area (Å²) in [6.45, 7) is 6.34. The Hall–Kier alpha value is -1.80. The van der Waals surface area contributed by atoms with Gasteiger partial charge in [-0.15, -0.1) is 0 Å². The second-order valence-corrected chi connectivity index (χ2v) is 5.01. The lowest BCUT2D eigenvalue weighted by molar-refractivity contribution is 0.108. The summed E-state index contributed by atoms with van der Waals surface area (Å²) in [5.41, 5.74) is 4.30. The third-order valence-electron chi connectivity index (χ3n) is 3.12. The average Bonchev–Trinajstić information content (AvgIpc) is 2.36. The topological polar surface area (TPSA) is 29.5 Å². The summed E-state index contributed by atoms with van der Waals surface area (Å²) in [5, 5.41) is 10.2. The maximum absolute atomic E-state index is 10.2. The predicted octanol–water partition coefficient (Wildman–Crippen LogP) is 3.72. The van der Waals surface area contributed by atoms with Crippen molar-refractivity contribution in [3.05, 3.63) is 64.7 Å². The first kappa shape index (κ1) is 13.6. The molecule has 0 aliphatic rings. The largest absolute Gasteiger partial charge is 0.490 e. The van der Waals surface area contributed by atoms with E-state index in [1.807, 2.05) is 57.2 Å². The van der Waals surface area contributed by atoms with Crippen LogP contribution in [-0.4, -0.2) is 11.7 Å². The molecule has 0 saturated carbocycles. The second-order valence-electron chi connectivity index (χ2n) is 5.01. The van der Waals surface area contributed by atoms with Crippen molar-refractivity contribution in [2.75, 3.05) is 6.61 Å². The summed E-state index contributed by atoms with van der Waals surface area (Å²) < 4.78 is 5.68. The molecule has 1 atom stereocenters. The van der Waals surface area contributed by atoms with Crippen molar-refractivity contribution in [1.29, 1.82) is 0 Å². The number of hydrogen-bond donors (Lipinski definition) is 1. The van der Waals surface area contributed by atoms with Crippen molar-refractivity contribution in [2.45, 2.75) is 26.9 Å². The fourth-order valence-electron chi connectivity index (χ4n) is 2.19. The van der Waals surface area contributed by atoms with Gasteiger partial charge < -0.3 is 9.84 Å². The number of benzene rings is 2. The fourth-order valence-corrected chi connectivity index (χ4v) is 2.19. The zero-order valence-corrected chi connectivity index (χ0v) is 11.7. The summed E-state index contributed by atoms with van der Waals surface area (Å²) in [6, 6.07) is 13.9. The Kier molecular flexibility index (Phi) is 4.23. The van der Waals surface area contributed by atoms with E-state index in [4.69, 9.17) is 4.74 Å². The van der Waals surface area contributed by atoms with Crippen LogP contribution >= 0.6 is 0 Å².